The second kappa shape index (κ2) is 7.38. The highest BCUT2D eigenvalue weighted by Crippen LogP contribution is 2.17. The molecular formula is C13H17NO5. The van der Waals surface area contributed by atoms with E-state index in [1.165, 1.54) is 6.92 Å². The summed E-state index contributed by atoms with van der Waals surface area (Å²) in [4.78, 5) is 22.6. The molecule has 1 atom stereocenters. The van der Waals surface area contributed by atoms with Gasteiger partial charge in [-0.25, -0.2) is 0 Å². The minimum atomic E-state index is -1.09. The topological polar surface area (TPSA) is 84.9 Å². The molecule has 0 saturated heterocycles. The summed E-state index contributed by atoms with van der Waals surface area (Å²) >= 11 is 0. The van der Waals surface area contributed by atoms with Crippen LogP contribution in [0.5, 0.6) is 5.75 Å². The van der Waals surface area contributed by atoms with E-state index in [4.69, 9.17) is 14.6 Å². The number of hydrogen-bond donors (Lipinski definition) is 2. The van der Waals surface area contributed by atoms with E-state index in [1.54, 1.807) is 31.4 Å². The highest BCUT2D eigenvalue weighted by molar-refractivity contribution is 5.98. The molecule has 0 saturated carbocycles. The van der Waals surface area contributed by atoms with Crippen LogP contribution in [0.15, 0.2) is 24.3 Å². The van der Waals surface area contributed by atoms with Gasteiger partial charge in [-0.05, 0) is 19.1 Å². The number of rotatable bonds is 7. The first-order chi connectivity index (χ1) is 9.06. The smallest absolute Gasteiger partial charge is 0.325 e. The normalized spacial score (nSPS) is 11.7. The Morgan fingerprint density at radius 2 is 2.00 bits per heavy atom. The molecule has 1 rings (SSSR count). The second-order valence-electron chi connectivity index (χ2n) is 3.87. The fourth-order valence-electron chi connectivity index (χ4n) is 1.35. The first-order valence-electron chi connectivity index (χ1n) is 5.80. The first-order valence-corrected chi connectivity index (χ1v) is 5.80. The average Bonchev–Trinajstić information content (AvgIpc) is 2.39. The van der Waals surface area contributed by atoms with Crippen LogP contribution in [0.25, 0.3) is 0 Å². The lowest BCUT2D eigenvalue weighted by atomic mass is 10.1. The Bertz CT molecular complexity index is 446. The molecule has 0 bridgehead atoms. The van der Waals surface area contributed by atoms with Gasteiger partial charge in [0, 0.05) is 7.11 Å². The summed E-state index contributed by atoms with van der Waals surface area (Å²) in [6.45, 7) is 2.12. The van der Waals surface area contributed by atoms with E-state index < -0.39 is 17.9 Å². The van der Waals surface area contributed by atoms with Gasteiger partial charge < -0.3 is 19.9 Å². The van der Waals surface area contributed by atoms with Gasteiger partial charge >= 0.3 is 5.97 Å². The average molecular weight is 267 g/mol. The van der Waals surface area contributed by atoms with E-state index in [0.29, 0.717) is 24.5 Å². The van der Waals surface area contributed by atoms with Crippen LogP contribution in [0.3, 0.4) is 0 Å². The van der Waals surface area contributed by atoms with E-state index in [2.05, 4.69) is 5.32 Å². The van der Waals surface area contributed by atoms with Gasteiger partial charge in [-0.15, -0.1) is 0 Å². The van der Waals surface area contributed by atoms with Crippen molar-refractivity contribution in [3.8, 4) is 5.75 Å². The molecular weight excluding hydrogens is 250 g/mol. The third kappa shape index (κ3) is 4.59. The number of amides is 1. The van der Waals surface area contributed by atoms with E-state index in [0.717, 1.165) is 0 Å². The molecule has 1 amide bonds. The number of carboxylic acid groups (broad SMARTS) is 1. The fraction of sp³-hybridized carbons (Fsp3) is 0.385. The minimum Gasteiger partial charge on any atom is -0.490 e. The third-order valence-electron chi connectivity index (χ3n) is 2.39. The molecule has 104 valence electrons. The summed E-state index contributed by atoms with van der Waals surface area (Å²) in [5, 5.41) is 11.1. The van der Waals surface area contributed by atoms with Crippen LogP contribution in [0, 0.1) is 0 Å². The summed E-state index contributed by atoms with van der Waals surface area (Å²) in [6, 6.07) is 5.69. The number of methoxy groups -OCH3 is 1. The van der Waals surface area contributed by atoms with E-state index in [9.17, 15) is 9.59 Å². The van der Waals surface area contributed by atoms with Crippen molar-refractivity contribution in [2.24, 2.45) is 0 Å². The molecule has 0 spiro atoms. The minimum absolute atomic E-state index is 0.298. The molecule has 0 aromatic heterocycles. The third-order valence-corrected chi connectivity index (χ3v) is 2.39. The SMILES string of the molecule is COCCOc1ccccc1C(=O)NC(C)C(=O)O. The Balaban J connectivity index is 2.75. The van der Waals surface area contributed by atoms with Crippen LogP contribution in [-0.2, 0) is 9.53 Å². The molecule has 6 nitrogen and oxygen atoms in total. The van der Waals surface area contributed by atoms with Gasteiger partial charge in [-0.2, -0.15) is 0 Å². The number of benzene rings is 1. The standard InChI is InChI=1S/C13H17NO5/c1-9(13(16)17)14-12(15)10-5-3-4-6-11(10)19-8-7-18-2/h3-6,9H,7-8H2,1-2H3,(H,14,15)(H,16,17). The lowest BCUT2D eigenvalue weighted by Crippen LogP contribution is -2.38. The molecule has 1 aromatic rings. The van der Waals surface area contributed by atoms with Crippen molar-refractivity contribution in [2.45, 2.75) is 13.0 Å². The Labute approximate surface area is 111 Å². The molecule has 0 heterocycles. The van der Waals surface area contributed by atoms with Crippen LogP contribution in [0.1, 0.15) is 17.3 Å². The predicted molar refractivity (Wildman–Crippen MR) is 68.4 cm³/mol. The number of carbonyl (C=O) groups is 2. The van der Waals surface area contributed by atoms with Gasteiger partial charge in [0.1, 0.15) is 18.4 Å². The van der Waals surface area contributed by atoms with E-state index in [-0.39, 0.29) is 0 Å². The summed E-state index contributed by atoms with van der Waals surface area (Å²) in [7, 11) is 1.55. The largest absolute Gasteiger partial charge is 0.490 e. The maximum atomic E-state index is 11.9. The van der Waals surface area contributed by atoms with Crippen LogP contribution in [0.4, 0.5) is 0 Å². The van der Waals surface area contributed by atoms with Gasteiger partial charge in [0.15, 0.2) is 0 Å². The molecule has 6 heteroatoms. The monoisotopic (exact) mass is 267 g/mol. The quantitative estimate of drug-likeness (QED) is 0.717. The van der Waals surface area contributed by atoms with Crippen LogP contribution in [-0.4, -0.2) is 43.3 Å². The fourth-order valence-corrected chi connectivity index (χ4v) is 1.35. The zero-order chi connectivity index (χ0) is 14.3. The summed E-state index contributed by atoms with van der Waals surface area (Å²) < 4.78 is 10.3. The van der Waals surface area contributed by atoms with Crippen LogP contribution >= 0.6 is 0 Å². The van der Waals surface area contributed by atoms with Gasteiger partial charge in [-0.3, -0.25) is 9.59 Å². The Hall–Kier alpha value is -2.08. The van der Waals surface area contributed by atoms with Crippen LogP contribution < -0.4 is 10.1 Å². The van der Waals surface area contributed by atoms with E-state index in [1.807, 2.05) is 0 Å². The maximum Gasteiger partial charge on any atom is 0.325 e. The van der Waals surface area contributed by atoms with Crippen molar-refractivity contribution in [2.75, 3.05) is 20.3 Å². The van der Waals surface area contributed by atoms with Crippen LogP contribution in [0.2, 0.25) is 0 Å². The predicted octanol–water partition coefficient (Wildman–Crippen LogP) is 0.915. The van der Waals surface area contributed by atoms with Gasteiger partial charge in [0.25, 0.3) is 5.91 Å². The second-order valence-corrected chi connectivity index (χ2v) is 3.87. The summed E-state index contributed by atoms with van der Waals surface area (Å²) in [5.41, 5.74) is 0.298. The van der Waals surface area contributed by atoms with E-state index >= 15 is 0 Å². The van der Waals surface area contributed by atoms with Crippen molar-refractivity contribution < 1.29 is 24.2 Å². The Morgan fingerprint density at radius 3 is 2.63 bits per heavy atom. The lowest BCUT2D eigenvalue weighted by Gasteiger charge is -2.13. The Morgan fingerprint density at radius 1 is 1.32 bits per heavy atom. The summed E-state index contributed by atoms with van der Waals surface area (Å²) in [6.07, 6.45) is 0. The number of aliphatic carboxylic acids is 1. The highest BCUT2D eigenvalue weighted by atomic mass is 16.5. The van der Waals surface area contributed by atoms with Crippen molar-refractivity contribution in [3.05, 3.63) is 29.8 Å². The summed E-state index contributed by atoms with van der Waals surface area (Å²) in [5.74, 6) is -1.18. The number of carbonyl (C=O) groups excluding carboxylic acids is 1. The number of hydrogen-bond acceptors (Lipinski definition) is 4. The highest BCUT2D eigenvalue weighted by Gasteiger charge is 2.18. The molecule has 19 heavy (non-hydrogen) atoms. The van der Waals surface area contributed by atoms with Gasteiger partial charge in [0.05, 0.1) is 12.2 Å². The number of ether oxygens (including phenoxy) is 2. The molecule has 0 radical (unpaired) electrons. The molecule has 1 unspecified atom stereocenters. The zero-order valence-corrected chi connectivity index (χ0v) is 10.9. The molecule has 0 aliphatic heterocycles. The van der Waals surface area contributed by atoms with Crippen molar-refractivity contribution in [1.82, 2.24) is 5.32 Å². The number of para-hydroxylation sites is 1. The molecule has 1 aromatic carbocycles. The number of nitrogens with one attached hydrogen (secondary N) is 1. The van der Waals surface area contributed by atoms with Crippen molar-refractivity contribution in [3.63, 3.8) is 0 Å². The molecule has 2 N–H and O–H groups in total. The van der Waals surface area contributed by atoms with Crippen molar-refractivity contribution >= 4 is 11.9 Å². The molecule has 0 aliphatic rings. The molecule has 0 aliphatic carbocycles. The zero-order valence-electron chi connectivity index (χ0n) is 10.9. The maximum absolute atomic E-state index is 11.9. The number of carboxylic acids is 1. The van der Waals surface area contributed by atoms with Gasteiger partial charge in [-0.1, -0.05) is 12.1 Å². The molecule has 0 fully saturated rings. The lowest BCUT2D eigenvalue weighted by molar-refractivity contribution is -0.138. The first kappa shape index (κ1) is 15.0. The van der Waals surface area contributed by atoms with Gasteiger partial charge in [0.2, 0.25) is 0 Å². The Kier molecular flexibility index (Phi) is 5.81. The van der Waals surface area contributed by atoms with Crippen molar-refractivity contribution in [1.29, 1.82) is 0 Å².